The summed E-state index contributed by atoms with van der Waals surface area (Å²) in [6.07, 6.45) is 1.68. The molecule has 0 bridgehead atoms. The molecule has 1 unspecified atom stereocenters. The molecule has 16 heavy (non-hydrogen) atoms. The quantitative estimate of drug-likeness (QED) is 0.635. The highest BCUT2D eigenvalue weighted by molar-refractivity contribution is 5.78. The van der Waals surface area contributed by atoms with Gasteiger partial charge in [0.2, 0.25) is 0 Å². The molecule has 0 radical (unpaired) electrons. The van der Waals surface area contributed by atoms with Crippen LogP contribution in [0.4, 0.5) is 0 Å². The Morgan fingerprint density at radius 2 is 2.06 bits per heavy atom. The van der Waals surface area contributed by atoms with Crippen molar-refractivity contribution in [2.45, 2.75) is 24.9 Å². The molecular formula is C11H19NO4. The number of β-amino-alcohol motifs (C(OH)–C–C–N with tert-alkyl or cyclic N) is 1. The van der Waals surface area contributed by atoms with E-state index in [9.17, 15) is 9.90 Å². The fourth-order valence-electron chi connectivity index (χ4n) is 2.86. The van der Waals surface area contributed by atoms with E-state index in [0.29, 0.717) is 39.0 Å². The molecule has 0 saturated carbocycles. The number of hydrogen-bond acceptors (Lipinski definition) is 5. The molecular weight excluding hydrogens is 210 g/mol. The van der Waals surface area contributed by atoms with E-state index in [1.807, 2.05) is 0 Å². The van der Waals surface area contributed by atoms with E-state index < -0.39 is 11.0 Å². The molecule has 2 aliphatic rings. The number of aliphatic hydroxyl groups is 1. The fourth-order valence-corrected chi connectivity index (χ4v) is 2.86. The second kappa shape index (κ2) is 4.31. The first-order valence-corrected chi connectivity index (χ1v) is 5.74. The minimum atomic E-state index is -0.982. The molecule has 92 valence electrons. The average molecular weight is 229 g/mol. The predicted molar refractivity (Wildman–Crippen MR) is 56.9 cm³/mol. The van der Waals surface area contributed by atoms with E-state index in [1.165, 1.54) is 7.11 Å². The van der Waals surface area contributed by atoms with Crippen LogP contribution in [0.5, 0.6) is 0 Å². The van der Waals surface area contributed by atoms with Crippen molar-refractivity contribution in [2.24, 2.45) is 5.41 Å². The molecule has 5 heteroatoms. The zero-order chi connectivity index (χ0) is 11.6. The topological polar surface area (TPSA) is 67.8 Å². The van der Waals surface area contributed by atoms with Crippen LogP contribution in [0.3, 0.4) is 0 Å². The number of rotatable bonds is 2. The standard InChI is InChI=1S/C11H19NO4/c1-15-9(13)10(3-6-16-7-4-10)11(14)2-5-12-8-11/h12,14H,2-8H2,1H3. The van der Waals surface area contributed by atoms with E-state index in [0.717, 1.165) is 6.54 Å². The molecule has 2 fully saturated rings. The van der Waals surface area contributed by atoms with Crippen LogP contribution in [-0.2, 0) is 14.3 Å². The second-order valence-electron chi connectivity index (χ2n) is 4.64. The highest BCUT2D eigenvalue weighted by Crippen LogP contribution is 2.45. The van der Waals surface area contributed by atoms with Gasteiger partial charge in [0.05, 0.1) is 12.7 Å². The zero-order valence-corrected chi connectivity index (χ0v) is 9.62. The van der Waals surface area contributed by atoms with E-state index >= 15 is 0 Å². The normalized spacial score (nSPS) is 33.6. The van der Waals surface area contributed by atoms with Crippen molar-refractivity contribution >= 4 is 5.97 Å². The molecule has 0 aromatic heterocycles. The Morgan fingerprint density at radius 3 is 2.56 bits per heavy atom. The summed E-state index contributed by atoms with van der Waals surface area (Å²) in [6, 6.07) is 0. The van der Waals surface area contributed by atoms with Crippen LogP contribution < -0.4 is 5.32 Å². The highest BCUT2D eigenvalue weighted by atomic mass is 16.5. The van der Waals surface area contributed by atoms with Crippen LogP contribution in [-0.4, -0.2) is 50.1 Å². The third-order valence-electron chi connectivity index (χ3n) is 3.95. The van der Waals surface area contributed by atoms with Gasteiger partial charge < -0.3 is 19.9 Å². The smallest absolute Gasteiger partial charge is 0.314 e. The van der Waals surface area contributed by atoms with Crippen molar-refractivity contribution < 1.29 is 19.4 Å². The number of carbonyl (C=O) groups is 1. The number of carbonyl (C=O) groups excluding carboxylic acids is 1. The SMILES string of the molecule is COC(=O)C1(C2(O)CCNC2)CCOCC1. The molecule has 2 heterocycles. The summed E-state index contributed by atoms with van der Waals surface area (Å²) in [5, 5.41) is 13.8. The largest absolute Gasteiger partial charge is 0.469 e. The van der Waals surface area contributed by atoms with E-state index in [1.54, 1.807) is 0 Å². The molecule has 2 aliphatic heterocycles. The summed E-state index contributed by atoms with van der Waals surface area (Å²) < 4.78 is 10.2. The lowest BCUT2D eigenvalue weighted by atomic mass is 9.66. The Labute approximate surface area is 95.1 Å². The van der Waals surface area contributed by atoms with Crippen LogP contribution in [0.25, 0.3) is 0 Å². The van der Waals surface area contributed by atoms with Crippen molar-refractivity contribution in [3.63, 3.8) is 0 Å². The first kappa shape index (κ1) is 11.8. The van der Waals surface area contributed by atoms with Crippen LogP contribution in [0.1, 0.15) is 19.3 Å². The molecule has 0 spiro atoms. The minimum absolute atomic E-state index is 0.304. The van der Waals surface area contributed by atoms with Gasteiger partial charge >= 0.3 is 5.97 Å². The van der Waals surface area contributed by atoms with E-state index in [-0.39, 0.29) is 5.97 Å². The van der Waals surface area contributed by atoms with E-state index in [4.69, 9.17) is 9.47 Å². The molecule has 0 aromatic carbocycles. The molecule has 0 amide bonds. The van der Waals surface area contributed by atoms with Crippen molar-refractivity contribution in [1.29, 1.82) is 0 Å². The predicted octanol–water partition coefficient (Wildman–Crippen LogP) is -0.319. The number of nitrogens with one attached hydrogen (secondary N) is 1. The van der Waals surface area contributed by atoms with Gasteiger partial charge in [0.1, 0.15) is 5.41 Å². The Kier molecular flexibility index (Phi) is 3.19. The summed E-state index contributed by atoms with van der Waals surface area (Å²) in [6.45, 7) is 2.23. The summed E-state index contributed by atoms with van der Waals surface area (Å²) in [7, 11) is 1.38. The highest BCUT2D eigenvalue weighted by Gasteiger charge is 2.57. The van der Waals surface area contributed by atoms with Gasteiger partial charge in [0, 0.05) is 19.8 Å². The lowest BCUT2D eigenvalue weighted by molar-refractivity contribution is -0.184. The Hall–Kier alpha value is -0.650. The number of esters is 1. The van der Waals surface area contributed by atoms with Crippen LogP contribution >= 0.6 is 0 Å². The lowest BCUT2D eigenvalue weighted by Crippen LogP contribution is -2.57. The van der Waals surface area contributed by atoms with E-state index in [2.05, 4.69) is 5.32 Å². The lowest BCUT2D eigenvalue weighted by Gasteiger charge is -2.44. The summed E-state index contributed by atoms with van der Waals surface area (Å²) in [5.41, 5.74) is -1.77. The number of hydrogen-bond donors (Lipinski definition) is 2. The maximum absolute atomic E-state index is 12.0. The molecule has 5 nitrogen and oxygen atoms in total. The van der Waals surface area contributed by atoms with Gasteiger partial charge in [0.15, 0.2) is 0 Å². The van der Waals surface area contributed by atoms with Gasteiger partial charge in [0.25, 0.3) is 0 Å². The monoisotopic (exact) mass is 229 g/mol. The van der Waals surface area contributed by atoms with Crippen molar-refractivity contribution in [2.75, 3.05) is 33.4 Å². The van der Waals surface area contributed by atoms with Gasteiger partial charge in [-0.2, -0.15) is 0 Å². The zero-order valence-electron chi connectivity index (χ0n) is 9.62. The number of ether oxygens (including phenoxy) is 2. The summed E-state index contributed by atoms with van der Waals surface area (Å²) in [4.78, 5) is 12.0. The molecule has 2 rings (SSSR count). The maximum atomic E-state index is 12.0. The summed E-state index contributed by atoms with van der Waals surface area (Å²) >= 11 is 0. The van der Waals surface area contributed by atoms with Crippen molar-refractivity contribution in [1.82, 2.24) is 5.32 Å². The third kappa shape index (κ3) is 1.63. The molecule has 0 aromatic rings. The number of methoxy groups -OCH3 is 1. The molecule has 1 atom stereocenters. The molecule has 0 aliphatic carbocycles. The first-order valence-electron chi connectivity index (χ1n) is 5.74. The Balaban J connectivity index is 2.28. The van der Waals surface area contributed by atoms with Gasteiger partial charge in [-0.1, -0.05) is 0 Å². The average Bonchev–Trinajstić information content (AvgIpc) is 2.77. The van der Waals surface area contributed by atoms with Crippen LogP contribution in [0.2, 0.25) is 0 Å². The molecule has 2 N–H and O–H groups in total. The van der Waals surface area contributed by atoms with Gasteiger partial charge in [-0.15, -0.1) is 0 Å². The second-order valence-corrected chi connectivity index (χ2v) is 4.64. The van der Waals surface area contributed by atoms with Crippen LogP contribution in [0.15, 0.2) is 0 Å². The fraction of sp³-hybridized carbons (Fsp3) is 0.909. The molecule has 2 saturated heterocycles. The van der Waals surface area contributed by atoms with Gasteiger partial charge in [-0.3, -0.25) is 4.79 Å². The summed E-state index contributed by atoms with van der Waals surface area (Å²) in [5.74, 6) is -0.304. The van der Waals surface area contributed by atoms with Crippen LogP contribution in [0, 0.1) is 5.41 Å². The third-order valence-corrected chi connectivity index (χ3v) is 3.95. The minimum Gasteiger partial charge on any atom is -0.469 e. The van der Waals surface area contributed by atoms with Crippen molar-refractivity contribution in [3.05, 3.63) is 0 Å². The van der Waals surface area contributed by atoms with Gasteiger partial charge in [-0.25, -0.2) is 0 Å². The first-order chi connectivity index (χ1) is 7.65. The van der Waals surface area contributed by atoms with Crippen molar-refractivity contribution in [3.8, 4) is 0 Å². The maximum Gasteiger partial charge on any atom is 0.314 e. The Bertz CT molecular complexity index is 267. The van der Waals surface area contributed by atoms with Gasteiger partial charge in [-0.05, 0) is 25.8 Å². The Morgan fingerprint density at radius 1 is 1.38 bits per heavy atom.